The van der Waals surface area contributed by atoms with Crippen LogP contribution in [0.1, 0.15) is 0 Å². The van der Waals surface area contributed by atoms with Crippen molar-refractivity contribution in [3.8, 4) is 0 Å². The Morgan fingerprint density at radius 3 is 2.69 bits per heavy atom. The Morgan fingerprint density at radius 1 is 1.25 bits per heavy atom. The minimum atomic E-state index is -4.19. The van der Waals surface area contributed by atoms with Crippen LogP contribution in [0.25, 0.3) is 10.9 Å². The van der Waals surface area contributed by atoms with Gasteiger partial charge in [0.1, 0.15) is 6.54 Å². The molecule has 0 saturated carbocycles. The topological polar surface area (TPSA) is 17.0 Å². The average Bonchev–Trinajstić information content (AvgIpc) is 2.56. The molecule has 0 spiro atoms. The summed E-state index contributed by atoms with van der Waals surface area (Å²) in [5.41, 5.74) is 1.48. The normalized spacial score (nSPS) is 12.0. The molecule has 86 valence electrons. The molecule has 0 aliphatic carbocycles. The summed E-state index contributed by atoms with van der Waals surface area (Å²) < 4.78 is 37.9. The number of alkyl halides is 3. The third-order valence-electron chi connectivity index (χ3n) is 2.38. The van der Waals surface area contributed by atoms with E-state index < -0.39 is 12.7 Å². The quantitative estimate of drug-likeness (QED) is 0.835. The molecule has 2 aromatic rings. The molecule has 0 aliphatic heterocycles. The van der Waals surface area contributed by atoms with E-state index >= 15 is 0 Å². The van der Waals surface area contributed by atoms with Gasteiger partial charge in [-0.2, -0.15) is 13.2 Å². The molecule has 0 fully saturated rings. The van der Waals surface area contributed by atoms with Crippen molar-refractivity contribution >= 4 is 16.6 Å². The van der Waals surface area contributed by atoms with Crippen molar-refractivity contribution in [2.24, 2.45) is 7.05 Å². The molecule has 1 heterocycles. The standard InChI is InChI=1S/C11H11F3N2/c1-16-5-4-8-6-9(2-3-10(8)16)15-7-11(12,13)14/h2-6,15H,7H2,1H3. The van der Waals surface area contributed by atoms with Crippen LogP contribution in [0.2, 0.25) is 0 Å². The number of aryl methyl sites for hydroxylation is 1. The van der Waals surface area contributed by atoms with Gasteiger partial charge in [-0.15, -0.1) is 0 Å². The summed E-state index contributed by atoms with van der Waals surface area (Å²) in [6.45, 7) is -1.01. The van der Waals surface area contributed by atoms with Crippen LogP contribution in [0.5, 0.6) is 0 Å². The fourth-order valence-corrected chi connectivity index (χ4v) is 1.59. The third-order valence-corrected chi connectivity index (χ3v) is 2.38. The molecule has 5 heteroatoms. The zero-order valence-corrected chi connectivity index (χ0v) is 8.67. The van der Waals surface area contributed by atoms with E-state index in [-0.39, 0.29) is 0 Å². The van der Waals surface area contributed by atoms with E-state index in [1.807, 2.05) is 23.9 Å². The van der Waals surface area contributed by atoms with Crippen molar-refractivity contribution in [2.75, 3.05) is 11.9 Å². The zero-order valence-electron chi connectivity index (χ0n) is 8.67. The minimum absolute atomic E-state index is 0.482. The van der Waals surface area contributed by atoms with E-state index in [1.165, 1.54) is 0 Å². The molecule has 1 N–H and O–H groups in total. The van der Waals surface area contributed by atoms with Crippen LogP contribution >= 0.6 is 0 Å². The Balaban J connectivity index is 2.20. The summed E-state index contributed by atoms with van der Waals surface area (Å²) >= 11 is 0. The van der Waals surface area contributed by atoms with Crippen molar-refractivity contribution in [2.45, 2.75) is 6.18 Å². The predicted octanol–water partition coefficient (Wildman–Crippen LogP) is 3.15. The van der Waals surface area contributed by atoms with Gasteiger partial charge < -0.3 is 9.88 Å². The van der Waals surface area contributed by atoms with E-state index in [0.29, 0.717) is 5.69 Å². The van der Waals surface area contributed by atoms with Crippen molar-refractivity contribution in [3.05, 3.63) is 30.5 Å². The SMILES string of the molecule is Cn1ccc2cc(NCC(F)(F)F)ccc21. The Labute approximate surface area is 90.7 Å². The summed E-state index contributed by atoms with van der Waals surface area (Å²) in [6, 6.07) is 7.03. The van der Waals surface area contributed by atoms with Crippen LogP contribution in [0.4, 0.5) is 18.9 Å². The monoisotopic (exact) mass is 228 g/mol. The summed E-state index contributed by atoms with van der Waals surface area (Å²) in [5, 5.41) is 3.28. The molecule has 1 aromatic heterocycles. The molecule has 0 atom stereocenters. The number of nitrogens with zero attached hydrogens (tertiary/aromatic N) is 1. The van der Waals surface area contributed by atoms with Crippen molar-refractivity contribution < 1.29 is 13.2 Å². The molecule has 0 aliphatic rings. The van der Waals surface area contributed by atoms with Crippen LogP contribution in [-0.2, 0) is 7.05 Å². The van der Waals surface area contributed by atoms with Gasteiger partial charge in [0.25, 0.3) is 0 Å². The smallest absolute Gasteiger partial charge is 0.376 e. The molecule has 0 radical (unpaired) electrons. The van der Waals surface area contributed by atoms with E-state index in [1.54, 1.807) is 18.2 Å². The zero-order chi connectivity index (χ0) is 11.8. The highest BCUT2D eigenvalue weighted by Gasteiger charge is 2.26. The van der Waals surface area contributed by atoms with Gasteiger partial charge in [0.2, 0.25) is 0 Å². The first-order valence-electron chi connectivity index (χ1n) is 4.81. The fraction of sp³-hybridized carbons (Fsp3) is 0.273. The van der Waals surface area contributed by atoms with Crippen molar-refractivity contribution in [1.29, 1.82) is 0 Å². The average molecular weight is 228 g/mol. The highest BCUT2D eigenvalue weighted by molar-refractivity contribution is 5.83. The molecule has 2 nitrogen and oxygen atoms in total. The summed E-state index contributed by atoms with van der Waals surface area (Å²) in [5.74, 6) is 0. The van der Waals surface area contributed by atoms with Crippen LogP contribution in [-0.4, -0.2) is 17.3 Å². The van der Waals surface area contributed by atoms with Crippen LogP contribution in [0.3, 0.4) is 0 Å². The summed E-state index contributed by atoms with van der Waals surface area (Å²) in [4.78, 5) is 0. The molecule has 0 saturated heterocycles. The number of benzene rings is 1. The second-order valence-electron chi connectivity index (χ2n) is 3.67. The fourth-order valence-electron chi connectivity index (χ4n) is 1.59. The Hall–Kier alpha value is -1.65. The number of aromatic nitrogens is 1. The van der Waals surface area contributed by atoms with Crippen molar-refractivity contribution in [3.63, 3.8) is 0 Å². The Kier molecular flexibility index (Phi) is 2.53. The molecule has 16 heavy (non-hydrogen) atoms. The summed E-state index contributed by atoms with van der Waals surface area (Å²) in [6.07, 6.45) is -2.32. The Morgan fingerprint density at radius 2 is 2.00 bits per heavy atom. The highest BCUT2D eigenvalue weighted by Crippen LogP contribution is 2.21. The van der Waals surface area contributed by atoms with Gasteiger partial charge in [-0.25, -0.2) is 0 Å². The second-order valence-corrected chi connectivity index (χ2v) is 3.67. The lowest BCUT2D eigenvalue weighted by Gasteiger charge is -2.09. The maximum atomic E-state index is 12.0. The lowest BCUT2D eigenvalue weighted by atomic mass is 10.2. The number of hydrogen-bond donors (Lipinski definition) is 1. The maximum Gasteiger partial charge on any atom is 0.405 e. The number of fused-ring (bicyclic) bond motifs is 1. The van der Waals surface area contributed by atoms with E-state index in [0.717, 1.165) is 10.9 Å². The molecule has 2 rings (SSSR count). The van der Waals surface area contributed by atoms with E-state index in [9.17, 15) is 13.2 Å². The largest absolute Gasteiger partial charge is 0.405 e. The van der Waals surface area contributed by atoms with E-state index in [2.05, 4.69) is 5.32 Å². The Bertz CT molecular complexity index is 499. The van der Waals surface area contributed by atoms with Gasteiger partial charge in [-0.3, -0.25) is 0 Å². The van der Waals surface area contributed by atoms with Crippen LogP contribution < -0.4 is 5.32 Å². The number of hydrogen-bond acceptors (Lipinski definition) is 1. The van der Waals surface area contributed by atoms with Gasteiger partial charge in [0.05, 0.1) is 0 Å². The van der Waals surface area contributed by atoms with Gasteiger partial charge in [0.15, 0.2) is 0 Å². The first kappa shape index (κ1) is 10.9. The second kappa shape index (κ2) is 3.73. The minimum Gasteiger partial charge on any atom is -0.376 e. The maximum absolute atomic E-state index is 12.0. The number of anilines is 1. The molecule has 1 aromatic carbocycles. The highest BCUT2D eigenvalue weighted by atomic mass is 19.4. The number of rotatable bonds is 2. The molecular weight excluding hydrogens is 217 g/mol. The first-order chi connectivity index (χ1) is 7.46. The first-order valence-corrected chi connectivity index (χ1v) is 4.81. The molecule has 0 amide bonds. The number of halogens is 3. The number of nitrogens with one attached hydrogen (secondary N) is 1. The van der Waals surface area contributed by atoms with Crippen LogP contribution in [0, 0.1) is 0 Å². The lowest BCUT2D eigenvalue weighted by Crippen LogP contribution is -2.21. The predicted molar refractivity (Wildman–Crippen MR) is 57.5 cm³/mol. The summed E-state index contributed by atoms with van der Waals surface area (Å²) in [7, 11) is 1.89. The lowest BCUT2D eigenvalue weighted by molar-refractivity contribution is -0.115. The van der Waals surface area contributed by atoms with Gasteiger partial charge in [0, 0.05) is 29.8 Å². The third kappa shape index (κ3) is 2.29. The van der Waals surface area contributed by atoms with Gasteiger partial charge in [-0.1, -0.05) is 0 Å². The van der Waals surface area contributed by atoms with Crippen molar-refractivity contribution in [1.82, 2.24) is 4.57 Å². The van der Waals surface area contributed by atoms with Gasteiger partial charge >= 0.3 is 6.18 Å². The van der Waals surface area contributed by atoms with Crippen LogP contribution in [0.15, 0.2) is 30.5 Å². The molecule has 0 bridgehead atoms. The van der Waals surface area contributed by atoms with Gasteiger partial charge in [-0.05, 0) is 24.3 Å². The molecular formula is C11H11F3N2. The van der Waals surface area contributed by atoms with E-state index in [4.69, 9.17) is 0 Å². The molecule has 0 unspecified atom stereocenters.